The van der Waals surface area contributed by atoms with Crippen molar-refractivity contribution in [2.45, 2.75) is 63.6 Å². The molecule has 0 unspecified atom stereocenters. The molecule has 46 heavy (non-hydrogen) atoms. The van der Waals surface area contributed by atoms with Crippen LogP contribution in [0.4, 0.5) is 0 Å². The lowest BCUT2D eigenvalue weighted by molar-refractivity contribution is -0.136. The molecule has 0 spiro atoms. The van der Waals surface area contributed by atoms with Gasteiger partial charge in [-0.05, 0) is 96.0 Å². The maximum Gasteiger partial charge on any atom is 0.240 e. The SMILES string of the molecule is CC[C@@H]1CN2CCc3cc(OC)c(OC)cc3[C@@H]2C[C@@H]1C[C@@H]1c2cc(OC)c(OC)cc2CCN1C(=O)[C@H](N)Cc1ccccc1. The Balaban J connectivity index is 1.34. The van der Waals surface area contributed by atoms with Gasteiger partial charge in [-0.1, -0.05) is 43.7 Å². The van der Waals surface area contributed by atoms with E-state index in [1.807, 2.05) is 30.3 Å². The van der Waals surface area contributed by atoms with Crippen LogP contribution in [0.25, 0.3) is 0 Å². The summed E-state index contributed by atoms with van der Waals surface area (Å²) in [5, 5.41) is 0. The smallest absolute Gasteiger partial charge is 0.240 e. The monoisotopic (exact) mass is 627 g/mol. The maximum absolute atomic E-state index is 14.2. The topological polar surface area (TPSA) is 86.5 Å². The van der Waals surface area contributed by atoms with Crippen LogP contribution in [0.1, 0.15) is 66.1 Å². The highest BCUT2D eigenvalue weighted by Gasteiger charge is 2.42. The molecular formula is C38H49N3O5. The van der Waals surface area contributed by atoms with Gasteiger partial charge in [0.05, 0.1) is 40.5 Å². The predicted octanol–water partition coefficient (Wildman–Crippen LogP) is 5.75. The minimum atomic E-state index is -0.608. The first kappa shape index (κ1) is 32.2. The van der Waals surface area contributed by atoms with E-state index in [-0.39, 0.29) is 11.9 Å². The van der Waals surface area contributed by atoms with E-state index in [0.29, 0.717) is 36.6 Å². The Morgan fingerprint density at radius 1 is 0.826 bits per heavy atom. The van der Waals surface area contributed by atoms with E-state index in [9.17, 15) is 4.79 Å². The molecule has 3 heterocycles. The van der Waals surface area contributed by atoms with E-state index < -0.39 is 6.04 Å². The molecule has 0 aliphatic carbocycles. The summed E-state index contributed by atoms with van der Waals surface area (Å²) in [6.07, 6.45) is 5.27. The van der Waals surface area contributed by atoms with E-state index in [1.165, 1.54) is 16.7 Å². The van der Waals surface area contributed by atoms with Crippen molar-refractivity contribution in [3.8, 4) is 23.0 Å². The summed E-state index contributed by atoms with van der Waals surface area (Å²) >= 11 is 0. The number of piperidine rings is 1. The van der Waals surface area contributed by atoms with Crippen molar-refractivity contribution in [2.75, 3.05) is 48.1 Å². The maximum atomic E-state index is 14.2. The number of benzene rings is 3. The van der Waals surface area contributed by atoms with Crippen molar-refractivity contribution < 1.29 is 23.7 Å². The quantitative estimate of drug-likeness (QED) is 0.306. The largest absolute Gasteiger partial charge is 0.493 e. The number of nitrogens with zero attached hydrogens (tertiary/aromatic N) is 2. The van der Waals surface area contributed by atoms with Crippen molar-refractivity contribution in [3.05, 3.63) is 82.4 Å². The second-order valence-electron chi connectivity index (χ2n) is 13.1. The average Bonchev–Trinajstić information content (AvgIpc) is 3.10. The van der Waals surface area contributed by atoms with Crippen LogP contribution in [0.5, 0.6) is 23.0 Å². The number of hydrogen-bond acceptors (Lipinski definition) is 7. The van der Waals surface area contributed by atoms with Crippen molar-refractivity contribution >= 4 is 5.91 Å². The molecule has 6 rings (SSSR count). The lowest BCUT2D eigenvalue weighted by atomic mass is 9.72. The Labute approximate surface area is 273 Å². The molecule has 0 aromatic heterocycles. The molecule has 2 N–H and O–H groups in total. The molecule has 3 aliphatic rings. The first-order chi connectivity index (χ1) is 22.4. The van der Waals surface area contributed by atoms with Crippen molar-refractivity contribution in [3.63, 3.8) is 0 Å². The zero-order valence-corrected chi connectivity index (χ0v) is 28.0. The molecule has 0 saturated carbocycles. The number of amides is 1. The molecule has 1 amide bonds. The summed E-state index contributed by atoms with van der Waals surface area (Å²) in [6, 6.07) is 18.2. The average molecular weight is 628 g/mol. The van der Waals surface area contributed by atoms with Crippen LogP contribution in [-0.2, 0) is 24.1 Å². The Morgan fingerprint density at radius 3 is 2.04 bits per heavy atom. The third-order valence-electron chi connectivity index (χ3n) is 10.7. The van der Waals surface area contributed by atoms with E-state index >= 15 is 0 Å². The van der Waals surface area contributed by atoms with Crippen LogP contribution in [0.15, 0.2) is 54.6 Å². The van der Waals surface area contributed by atoms with E-state index in [2.05, 4.69) is 41.0 Å². The van der Waals surface area contributed by atoms with Crippen LogP contribution in [0.2, 0.25) is 0 Å². The zero-order valence-electron chi connectivity index (χ0n) is 28.0. The van der Waals surface area contributed by atoms with Crippen LogP contribution >= 0.6 is 0 Å². The molecule has 8 heteroatoms. The Kier molecular flexibility index (Phi) is 9.76. The molecule has 8 nitrogen and oxygen atoms in total. The van der Waals surface area contributed by atoms with E-state index in [4.69, 9.17) is 24.7 Å². The van der Waals surface area contributed by atoms with Gasteiger partial charge >= 0.3 is 0 Å². The minimum absolute atomic E-state index is 0.0135. The van der Waals surface area contributed by atoms with Crippen molar-refractivity contribution in [1.29, 1.82) is 0 Å². The van der Waals surface area contributed by atoms with E-state index in [0.717, 1.165) is 73.6 Å². The number of methoxy groups -OCH3 is 4. The Hall–Kier alpha value is -3.75. The summed E-state index contributed by atoms with van der Waals surface area (Å²) < 4.78 is 22.8. The number of carbonyl (C=O) groups is 1. The Bertz CT molecular complexity index is 1530. The summed E-state index contributed by atoms with van der Waals surface area (Å²) in [7, 11) is 6.76. The number of nitrogens with two attached hydrogens (primary N) is 1. The lowest BCUT2D eigenvalue weighted by Gasteiger charge is -2.49. The van der Waals surface area contributed by atoms with Gasteiger partial charge in [-0.3, -0.25) is 9.69 Å². The van der Waals surface area contributed by atoms with Gasteiger partial charge in [0.25, 0.3) is 0 Å². The molecule has 246 valence electrons. The fourth-order valence-electron chi connectivity index (χ4n) is 8.26. The van der Waals surface area contributed by atoms with Gasteiger partial charge in [-0.25, -0.2) is 0 Å². The zero-order chi connectivity index (χ0) is 32.4. The predicted molar refractivity (Wildman–Crippen MR) is 180 cm³/mol. The van der Waals surface area contributed by atoms with Gasteiger partial charge in [0.2, 0.25) is 5.91 Å². The number of fused-ring (bicyclic) bond motifs is 4. The first-order valence-corrected chi connectivity index (χ1v) is 16.7. The molecule has 3 aromatic carbocycles. The highest BCUT2D eigenvalue weighted by atomic mass is 16.5. The summed E-state index contributed by atoms with van der Waals surface area (Å²) in [5.74, 6) is 3.94. The van der Waals surface area contributed by atoms with Gasteiger partial charge < -0.3 is 29.6 Å². The minimum Gasteiger partial charge on any atom is -0.493 e. The number of rotatable bonds is 10. The third kappa shape index (κ3) is 6.17. The standard InChI is InChI=1S/C38H49N3O5/c1-6-25-23-40-14-12-26-19-34(43-2)36(45-4)21-29(26)32(40)17-28(25)18-33-30-22-37(46-5)35(44-3)20-27(30)13-15-41(33)38(42)31(39)16-24-10-8-7-9-11-24/h7-11,19-22,25,28,31-33H,6,12-18,23,39H2,1-5H3/t25-,28-,31-,32+,33-/m1/s1. The van der Waals surface area contributed by atoms with E-state index in [1.54, 1.807) is 28.4 Å². The fraction of sp³-hybridized carbons (Fsp3) is 0.500. The molecule has 5 atom stereocenters. The van der Waals surface area contributed by atoms with Crippen LogP contribution in [0.3, 0.4) is 0 Å². The molecule has 3 aliphatic heterocycles. The molecular weight excluding hydrogens is 578 g/mol. The molecule has 1 saturated heterocycles. The van der Waals surface area contributed by atoms with Gasteiger partial charge in [0.1, 0.15) is 0 Å². The fourth-order valence-corrected chi connectivity index (χ4v) is 8.26. The third-order valence-corrected chi connectivity index (χ3v) is 10.7. The molecule has 1 fully saturated rings. The summed E-state index contributed by atoms with van der Waals surface area (Å²) in [6.45, 7) is 5.03. The van der Waals surface area contributed by atoms with Crippen molar-refractivity contribution in [2.24, 2.45) is 17.6 Å². The summed E-state index contributed by atoms with van der Waals surface area (Å²) in [5.41, 5.74) is 12.8. The second-order valence-corrected chi connectivity index (χ2v) is 13.1. The van der Waals surface area contributed by atoms with Crippen LogP contribution in [-0.4, -0.2) is 69.8 Å². The number of hydrogen-bond donors (Lipinski definition) is 1. The van der Waals surface area contributed by atoms with Crippen LogP contribution in [0, 0.1) is 11.8 Å². The van der Waals surface area contributed by atoms with Gasteiger partial charge in [0.15, 0.2) is 23.0 Å². The second kappa shape index (κ2) is 13.9. The lowest BCUT2D eigenvalue weighted by Crippen LogP contribution is -2.51. The van der Waals surface area contributed by atoms with Gasteiger partial charge in [-0.2, -0.15) is 0 Å². The van der Waals surface area contributed by atoms with Gasteiger partial charge in [0, 0.05) is 25.7 Å². The summed E-state index contributed by atoms with van der Waals surface area (Å²) in [4.78, 5) is 19.0. The highest BCUT2D eigenvalue weighted by Crippen LogP contribution is 2.49. The number of carbonyl (C=O) groups excluding carboxylic acids is 1. The van der Waals surface area contributed by atoms with Crippen molar-refractivity contribution in [1.82, 2.24) is 9.80 Å². The van der Waals surface area contributed by atoms with Crippen LogP contribution < -0.4 is 24.7 Å². The normalized spacial score (nSPS) is 23.0. The molecule has 0 bridgehead atoms. The number of ether oxygens (including phenoxy) is 4. The molecule has 3 aromatic rings. The first-order valence-electron chi connectivity index (χ1n) is 16.7. The highest BCUT2D eigenvalue weighted by molar-refractivity contribution is 5.83. The molecule has 0 radical (unpaired) electrons. The Morgan fingerprint density at radius 2 is 1.41 bits per heavy atom. The van der Waals surface area contributed by atoms with Gasteiger partial charge in [-0.15, -0.1) is 0 Å².